The molecule has 70 valence electrons. The summed E-state index contributed by atoms with van der Waals surface area (Å²) in [5, 5.41) is 9.33. The largest absolute Gasteiger partial charge is 0.299 e. The Balaban J connectivity index is 2.84. The van der Waals surface area contributed by atoms with Crippen molar-refractivity contribution in [3.05, 3.63) is 39.9 Å². The van der Waals surface area contributed by atoms with Crippen molar-refractivity contribution in [2.24, 2.45) is 0 Å². The second-order valence-corrected chi connectivity index (χ2v) is 2.67. The molecule has 0 aromatic heterocycles. The van der Waals surface area contributed by atoms with Crippen LogP contribution in [0.3, 0.4) is 0 Å². The van der Waals surface area contributed by atoms with Gasteiger partial charge >= 0.3 is 0 Å². The van der Waals surface area contributed by atoms with Crippen LogP contribution in [0.1, 0.15) is 18.9 Å². The Labute approximate surface area is 76.2 Å². The van der Waals surface area contributed by atoms with E-state index in [1.54, 1.807) is 12.1 Å². The van der Waals surface area contributed by atoms with Gasteiger partial charge in [0.1, 0.15) is 5.75 Å². The van der Waals surface area contributed by atoms with Crippen LogP contribution >= 0.6 is 0 Å². The summed E-state index contributed by atoms with van der Waals surface area (Å²) >= 11 is 0. The molecule has 1 rings (SSSR count). The summed E-state index contributed by atoms with van der Waals surface area (Å²) in [6.45, 7) is 2.02. The van der Waals surface area contributed by atoms with Gasteiger partial charge in [-0.1, -0.05) is 31.5 Å². The minimum absolute atomic E-state index is 0.342. The van der Waals surface area contributed by atoms with Gasteiger partial charge in [0.2, 0.25) is 0 Å². The molecule has 1 aromatic carbocycles. The summed E-state index contributed by atoms with van der Waals surface area (Å²) in [6, 6.07) is 7.01. The van der Waals surface area contributed by atoms with Crippen LogP contribution in [0.25, 0.3) is 0 Å². The first-order chi connectivity index (χ1) is 6.24. The molecule has 0 aliphatic heterocycles. The maximum Gasteiger partial charge on any atom is 0.299 e. The van der Waals surface area contributed by atoms with Gasteiger partial charge < -0.3 is 0 Å². The number of aryl methyl sites for hydroxylation is 1. The summed E-state index contributed by atoms with van der Waals surface area (Å²) in [7, 11) is 0. The van der Waals surface area contributed by atoms with E-state index in [4.69, 9.17) is 0 Å². The smallest absolute Gasteiger partial charge is 0.276 e. The van der Waals surface area contributed by atoms with Crippen LogP contribution in [-0.2, 0) is 6.42 Å². The van der Waals surface area contributed by atoms with Crippen molar-refractivity contribution in [3.8, 4) is 5.75 Å². The molecule has 0 aliphatic carbocycles. The molecule has 0 fully saturated rings. The quantitative estimate of drug-likeness (QED) is 0.528. The maximum atomic E-state index is 10.1. The van der Waals surface area contributed by atoms with Crippen LogP contribution in [0.4, 0.5) is 0 Å². The minimum atomic E-state index is -0.783. The third-order valence-electron chi connectivity index (χ3n) is 1.66. The molecule has 0 radical (unpaired) electrons. The second kappa shape index (κ2) is 4.45. The summed E-state index contributed by atoms with van der Waals surface area (Å²) in [4.78, 5) is 14.5. The molecule has 4 nitrogen and oxygen atoms in total. The number of rotatable bonds is 4. The Bertz CT molecular complexity index is 299. The number of nitrogens with zero attached hydrogens (tertiary/aromatic N) is 1. The van der Waals surface area contributed by atoms with Gasteiger partial charge in [0.25, 0.3) is 5.09 Å². The summed E-state index contributed by atoms with van der Waals surface area (Å²) < 4.78 is 0. The number of hydrogen-bond acceptors (Lipinski definition) is 3. The molecule has 0 atom stereocenters. The van der Waals surface area contributed by atoms with Crippen molar-refractivity contribution < 1.29 is 9.92 Å². The molecule has 0 heterocycles. The van der Waals surface area contributed by atoms with Crippen LogP contribution in [0.5, 0.6) is 5.75 Å². The van der Waals surface area contributed by atoms with Crippen molar-refractivity contribution in [1.29, 1.82) is 0 Å². The summed E-state index contributed by atoms with van der Waals surface area (Å²) in [5.74, 6) is 0.342. The molecular weight excluding hydrogens is 170 g/mol. The van der Waals surface area contributed by atoms with Crippen molar-refractivity contribution in [2.45, 2.75) is 19.8 Å². The SMILES string of the molecule is CCCc1ccccc1O[N+](=O)[O-]. The Morgan fingerprint density at radius 3 is 2.77 bits per heavy atom. The van der Waals surface area contributed by atoms with E-state index in [0.29, 0.717) is 5.75 Å². The fraction of sp³-hybridized carbons (Fsp3) is 0.333. The van der Waals surface area contributed by atoms with Crippen LogP contribution < -0.4 is 4.84 Å². The summed E-state index contributed by atoms with van der Waals surface area (Å²) in [5.41, 5.74) is 0.877. The molecule has 0 N–H and O–H groups in total. The molecule has 0 unspecified atom stereocenters. The molecule has 0 bridgehead atoms. The maximum absolute atomic E-state index is 10.1. The number of hydrogen-bond donors (Lipinski definition) is 0. The predicted molar refractivity (Wildman–Crippen MR) is 48.1 cm³/mol. The lowest BCUT2D eigenvalue weighted by molar-refractivity contribution is -0.711. The molecule has 0 spiro atoms. The van der Waals surface area contributed by atoms with E-state index < -0.39 is 5.09 Å². The monoisotopic (exact) mass is 181 g/mol. The third-order valence-corrected chi connectivity index (χ3v) is 1.66. The molecule has 0 amide bonds. The lowest BCUT2D eigenvalue weighted by atomic mass is 10.1. The zero-order chi connectivity index (χ0) is 9.68. The van der Waals surface area contributed by atoms with Crippen molar-refractivity contribution in [2.75, 3.05) is 0 Å². The van der Waals surface area contributed by atoms with Gasteiger partial charge in [-0.3, -0.25) is 4.84 Å². The molecule has 1 aromatic rings. The lowest BCUT2D eigenvalue weighted by Crippen LogP contribution is -2.05. The van der Waals surface area contributed by atoms with Crippen molar-refractivity contribution in [1.82, 2.24) is 0 Å². The average Bonchev–Trinajstić information content (AvgIpc) is 2.08. The Morgan fingerprint density at radius 2 is 2.15 bits per heavy atom. The third kappa shape index (κ3) is 2.74. The zero-order valence-corrected chi connectivity index (χ0v) is 7.40. The Hall–Kier alpha value is -1.58. The van der Waals surface area contributed by atoms with Gasteiger partial charge in [-0.2, -0.15) is 0 Å². The van der Waals surface area contributed by atoms with E-state index in [-0.39, 0.29) is 0 Å². The Kier molecular flexibility index (Phi) is 3.25. The zero-order valence-electron chi connectivity index (χ0n) is 7.40. The van der Waals surface area contributed by atoms with Crippen molar-refractivity contribution in [3.63, 3.8) is 0 Å². The van der Waals surface area contributed by atoms with Crippen LogP contribution in [-0.4, -0.2) is 5.09 Å². The van der Waals surface area contributed by atoms with Crippen LogP contribution in [0, 0.1) is 10.1 Å². The highest BCUT2D eigenvalue weighted by Gasteiger charge is 2.04. The van der Waals surface area contributed by atoms with Gasteiger partial charge in [-0.15, -0.1) is 10.1 Å². The lowest BCUT2D eigenvalue weighted by Gasteiger charge is -2.04. The first-order valence-electron chi connectivity index (χ1n) is 4.14. The minimum Gasteiger partial charge on any atom is -0.276 e. The van der Waals surface area contributed by atoms with Crippen LogP contribution in [0.2, 0.25) is 0 Å². The highest BCUT2D eigenvalue weighted by atomic mass is 17.0. The molecule has 4 heteroatoms. The van der Waals surface area contributed by atoms with E-state index in [2.05, 4.69) is 4.84 Å². The first kappa shape index (κ1) is 9.51. The van der Waals surface area contributed by atoms with E-state index >= 15 is 0 Å². The number of para-hydroxylation sites is 1. The van der Waals surface area contributed by atoms with Gasteiger partial charge in [0.15, 0.2) is 0 Å². The van der Waals surface area contributed by atoms with Gasteiger partial charge in [0, 0.05) is 0 Å². The summed E-state index contributed by atoms with van der Waals surface area (Å²) in [6.07, 6.45) is 1.74. The molecule has 0 aliphatic rings. The average molecular weight is 181 g/mol. The molecular formula is C9H11NO3. The highest BCUT2D eigenvalue weighted by Crippen LogP contribution is 2.19. The van der Waals surface area contributed by atoms with Gasteiger partial charge in [-0.25, -0.2) is 0 Å². The topological polar surface area (TPSA) is 52.4 Å². The van der Waals surface area contributed by atoms with Crippen LogP contribution in [0.15, 0.2) is 24.3 Å². The fourth-order valence-corrected chi connectivity index (χ4v) is 1.15. The van der Waals surface area contributed by atoms with E-state index in [1.807, 2.05) is 19.1 Å². The second-order valence-electron chi connectivity index (χ2n) is 2.67. The fourth-order valence-electron chi connectivity index (χ4n) is 1.15. The molecule has 13 heavy (non-hydrogen) atoms. The van der Waals surface area contributed by atoms with Gasteiger partial charge in [-0.05, 0) is 18.1 Å². The van der Waals surface area contributed by atoms with E-state index in [1.165, 1.54) is 0 Å². The highest BCUT2D eigenvalue weighted by molar-refractivity contribution is 5.32. The standard InChI is InChI=1S/C9H11NO3/c1-2-5-8-6-3-4-7-9(8)13-10(11)12/h3-4,6-7H,2,5H2,1H3. The van der Waals surface area contributed by atoms with E-state index in [9.17, 15) is 10.1 Å². The normalized spacial score (nSPS) is 9.62. The number of benzene rings is 1. The Morgan fingerprint density at radius 1 is 1.46 bits per heavy atom. The van der Waals surface area contributed by atoms with Gasteiger partial charge in [0.05, 0.1) is 0 Å². The van der Waals surface area contributed by atoms with Crippen molar-refractivity contribution >= 4 is 0 Å². The predicted octanol–water partition coefficient (Wildman–Crippen LogP) is 2.21. The molecule has 0 saturated carbocycles. The van der Waals surface area contributed by atoms with E-state index in [0.717, 1.165) is 18.4 Å². The first-order valence-corrected chi connectivity index (χ1v) is 4.14. The molecule has 0 saturated heterocycles.